The molecule has 1 aliphatic heterocycles. The summed E-state index contributed by atoms with van der Waals surface area (Å²) < 4.78 is 0. The molecule has 27 heavy (non-hydrogen) atoms. The number of aryl methyl sites for hydroxylation is 1. The number of hydrogen-bond donors (Lipinski definition) is 1. The summed E-state index contributed by atoms with van der Waals surface area (Å²) in [6, 6.07) is 18.3. The Morgan fingerprint density at radius 1 is 1.00 bits per heavy atom. The van der Waals surface area contributed by atoms with E-state index in [-0.39, 0.29) is 5.91 Å². The number of rotatable bonds is 7. The molecule has 0 spiro atoms. The molecule has 2 aromatic rings. The molecular formula is C23H29N3O. The Bertz CT molecular complexity index is 749. The predicted molar refractivity (Wildman–Crippen MR) is 113 cm³/mol. The van der Waals surface area contributed by atoms with E-state index in [1.165, 1.54) is 5.56 Å². The summed E-state index contributed by atoms with van der Waals surface area (Å²) in [5.41, 5.74) is 3.29. The molecule has 1 amide bonds. The van der Waals surface area contributed by atoms with Crippen LogP contribution < -0.4 is 5.32 Å². The molecule has 0 atom stereocenters. The van der Waals surface area contributed by atoms with Gasteiger partial charge in [0, 0.05) is 51.4 Å². The number of hydrogen-bond acceptors (Lipinski definition) is 3. The first kappa shape index (κ1) is 19.3. The molecule has 1 N–H and O–H groups in total. The van der Waals surface area contributed by atoms with Crippen LogP contribution >= 0.6 is 0 Å². The maximum Gasteiger partial charge on any atom is 0.225 e. The molecule has 0 bridgehead atoms. The third-order valence-electron chi connectivity index (χ3n) is 4.90. The number of carbonyl (C=O) groups is 1. The highest BCUT2D eigenvalue weighted by atomic mass is 16.1. The maximum atomic E-state index is 12.1. The lowest BCUT2D eigenvalue weighted by Crippen LogP contribution is -2.46. The SMILES string of the molecule is Cc1cccc(NC(=O)CCN2CCN(C/C=C\c3ccccc3)CC2)c1. The first-order valence-electron chi connectivity index (χ1n) is 9.72. The lowest BCUT2D eigenvalue weighted by Gasteiger charge is -2.34. The molecule has 1 saturated heterocycles. The van der Waals surface area contributed by atoms with Crippen LogP contribution in [0.25, 0.3) is 6.08 Å². The molecule has 0 unspecified atom stereocenters. The Morgan fingerprint density at radius 3 is 2.48 bits per heavy atom. The molecule has 1 aliphatic rings. The number of piperazine rings is 1. The van der Waals surface area contributed by atoms with Crippen molar-refractivity contribution in [3.63, 3.8) is 0 Å². The fourth-order valence-electron chi connectivity index (χ4n) is 3.30. The lowest BCUT2D eigenvalue weighted by molar-refractivity contribution is -0.116. The number of amides is 1. The lowest BCUT2D eigenvalue weighted by atomic mass is 10.2. The van der Waals surface area contributed by atoms with Crippen LogP contribution in [-0.2, 0) is 4.79 Å². The van der Waals surface area contributed by atoms with Crippen LogP contribution in [-0.4, -0.2) is 55.0 Å². The highest BCUT2D eigenvalue weighted by molar-refractivity contribution is 5.90. The van der Waals surface area contributed by atoms with Gasteiger partial charge in [-0.15, -0.1) is 0 Å². The number of nitrogens with one attached hydrogen (secondary N) is 1. The Morgan fingerprint density at radius 2 is 1.74 bits per heavy atom. The second kappa shape index (κ2) is 10.0. The first-order valence-corrected chi connectivity index (χ1v) is 9.72. The Hall–Kier alpha value is -2.43. The van der Waals surface area contributed by atoms with Crippen LogP contribution in [0.4, 0.5) is 5.69 Å². The van der Waals surface area contributed by atoms with Crippen LogP contribution in [0.15, 0.2) is 60.7 Å². The van der Waals surface area contributed by atoms with E-state index in [4.69, 9.17) is 0 Å². The van der Waals surface area contributed by atoms with Gasteiger partial charge >= 0.3 is 0 Å². The van der Waals surface area contributed by atoms with E-state index in [1.54, 1.807) is 0 Å². The largest absolute Gasteiger partial charge is 0.326 e. The molecule has 1 heterocycles. The molecule has 1 fully saturated rings. The zero-order valence-electron chi connectivity index (χ0n) is 16.1. The van der Waals surface area contributed by atoms with Gasteiger partial charge in [-0.1, -0.05) is 54.6 Å². The fraction of sp³-hybridized carbons (Fsp3) is 0.348. The Kier molecular flexibility index (Phi) is 7.19. The van der Waals surface area contributed by atoms with Gasteiger partial charge in [-0.2, -0.15) is 0 Å². The number of anilines is 1. The van der Waals surface area contributed by atoms with Crippen LogP contribution in [0, 0.1) is 6.92 Å². The van der Waals surface area contributed by atoms with Gasteiger partial charge in [-0.05, 0) is 30.2 Å². The molecule has 4 nitrogen and oxygen atoms in total. The maximum absolute atomic E-state index is 12.1. The van der Waals surface area contributed by atoms with Crippen LogP contribution in [0.1, 0.15) is 17.5 Å². The van der Waals surface area contributed by atoms with Crippen molar-refractivity contribution in [1.29, 1.82) is 0 Å². The second-order valence-electron chi connectivity index (χ2n) is 7.12. The molecule has 2 aromatic carbocycles. The van der Waals surface area contributed by atoms with Crippen molar-refractivity contribution >= 4 is 17.7 Å². The van der Waals surface area contributed by atoms with Gasteiger partial charge in [0.05, 0.1) is 0 Å². The average Bonchev–Trinajstić information content (AvgIpc) is 2.68. The summed E-state index contributed by atoms with van der Waals surface area (Å²) in [4.78, 5) is 17.0. The summed E-state index contributed by atoms with van der Waals surface area (Å²) in [7, 11) is 0. The van der Waals surface area contributed by atoms with Crippen molar-refractivity contribution in [3.8, 4) is 0 Å². The summed E-state index contributed by atoms with van der Waals surface area (Å²) >= 11 is 0. The van der Waals surface area contributed by atoms with Gasteiger partial charge in [0.2, 0.25) is 5.91 Å². The smallest absolute Gasteiger partial charge is 0.225 e. The van der Waals surface area contributed by atoms with Crippen LogP contribution in [0.3, 0.4) is 0 Å². The molecule has 0 radical (unpaired) electrons. The van der Waals surface area contributed by atoms with Crippen molar-refractivity contribution in [2.75, 3.05) is 44.6 Å². The van der Waals surface area contributed by atoms with Crippen LogP contribution in [0.2, 0.25) is 0 Å². The minimum absolute atomic E-state index is 0.0915. The zero-order chi connectivity index (χ0) is 18.9. The minimum Gasteiger partial charge on any atom is -0.326 e. The van der Waals surface area contributed by atoms with Gasteiger partial charge in [-0.25, -0.2) is 0 Å². The molecule has 0 saturated carbocycles. The predicted octanol–water partition coefficient (Wildman–Crippen LogP) is 3.65. The minimum atomic E-state index is 0.0915. The molecule has 0 aliphatic carbocycles. The van der Waals surface area contributed by atoms with Crippen molar-refractivity contribution in [2.24, 2.45) is 0 Å². The summed E-state index contributed by atoms with van der Waals surface area (Å²) in [6.07, 6.45) is 4.96. The van der Waals surface area contributed by atoms with Gasteiger partial charge in [0.1, 0.15) is 0 Å². The number of nitrogens with zero attached hydrogens (tertiary/aromatic N) is 2. The van der Waals surface area contributed by atoms with E-state index in [0.29, 0.717) is 6.42 Å². The monoisotopic (exact) mass is 363 g/mol. The highest BCUT2D eigenvalue weighted by Gasteiger charge is 2.16. The van der Waals surface area contributed by atoms with Crippen molar-refractivity contribution in [2.45, 2.75) is 13.3 Å². The second-order valence-corrected chi connectivity index (χ2v) is 7.12. The summed E-state index contributed by atoms with van der Waals surface area (Å²) in [6.45, 7) is 8.00. The third kappa shape index (κ3) is 6.66. The number of carbonyl (C=O) groups excluding carboxylic acids is 1. The number of benzene rings is 2. The molecular weight excluding hydrogens is 334 g/mol. The van der Waals surface area contributed by atoms with E-state index in [9.17, 15) is 4.79 Å². The molecule has 4 heteroatoms. The van der Waals surface area contributed by atoms with E-state index in [1.807, 2.05) is 37.3 Å². The Balaban J connectivity index is 1.33. The van der Waals surface area contributed by atoms with E-state index >= 15 is 0 Å². The average molecular weight is 364 g/mol. The van der Waals surface area contributed by atoms with E-state index in [2.05, 4.69) is 51.5 Å². The topological polar surface area (TPSA) is 35.6 Å². The van der Waals surface area contributed by atoms with Gasteiger partial charge < -0.3 is 10.2 Å². The zero-order valence-corrected chi connectivity index (χ0v) is 16.1. The highest BCUT2D eigenvalue weighted by Crippen LogP contribution is 2.10. The Labute approximate surface area is 162 Å². The van der Waals surface area contributed by atoms with Crippen molar-refractivity contribution < 1.29 is 4.79 Å². The van der Waals surface area contributed by atoms with E-state index < -0.39 is 0 Å². The fourth-order valence-corrected chi connectivity index (χ4v) is 3.30. The normalized spacial score (nSPS) is 15.9. The molecule has 3 rings (SSSR count). The van der Waals surface area contributed by atoms with Gasteiger partial charge in [0.25, 0.3) is 0 Å². The molecule has 0 aromatic heterocycles. The van der Waals surface area contributed by atoms with Gasteiger partial charge in [-0.3, -0.25) is 9.69 Å². The standard InChI is InChI=1S/C23H29N3O/c1-20-7-5-11-22(19-20)24-23(27)12-14-26-17-15-25(16-18-26)13-6-10-21-8-3-2-4-9-21/h2-11,19H,12-18H2,1H3,(H,24,27)/b10-6-. The van der Waals surface area contributed by atoms with E-state index in [0.717, 1.165) is 50.5 Å². The summed E-state index contributed by atoms with van der Waals surface area (Å²) in [5.74, 6) is 0.0915. The summed E-state index contributed by atoms with van der Waals surface area (Å²) in [5, 5.41) is 2.99. The van der Waals surface area contributed by atoms with Crippen molar-refractivity contribution in [3.05, 3.63) is 71.8 Å². The third-order valence-corrected chi connectivity index (χ3v) is 4.90. The quantitative estimate of drug-likeness (QED) is 0.815. The molecule has 142 valence electrons. The first-order chi connectivity index (χ1) is 13.2. The van der Waals surface area contributed by atoms with Crippen molar-refractivity contribution in [1.82, 2.24) is 9.80 Å². The van der Waals surface area contributed by atoms with Crippen LogP contribution in [0.5, 0.6) is 0 Å². The van der Waals surface area contributed by atoms with Gasteiger partial charge in [0.15, 0.2) is 0 Å².